The summed E-state index contributed by atoms with van der Waals surface area (Å²) in [4.78, 5) is 4.85. The van der Waals surface area contributed by atoms with Crippen molar-refractivity contribution < 1.29 is 4.74 Å². The topological polar surface area (TPSA) is 59.9 Å². The molecule has 0 aliphatic carbocycles. The lowest BCUT2D eigenvalue weighted by molar-refractivity contribution is 0.228. The van der Waals surface area contributed by atoms with Gasteiger partial charge < -0.3 is 10.1 Å². The highest BCUT2D eigenvalue weighted by molar-refractivity contribution is 7.98. The number of aromatic nitrogens is 3. The molecule has 0 bridgehead atoms. The average Bonchev–Trinajstić information content (AvgIpc) is 3.11. The van der Waals surface area contributed by atoms with Crippen LogP contribution in [0.4, 0.5) is 5.69 Å². The smallest absolute Gasteiger partial charge is 0.247 e. The molecule has 37 heavy (non-hydrogen) atoms. The molecule has 1 aliphatic heterocycles. The summed E-state index contributed by atoms with van der Waals surface area (Å²) in [6, 6.07) is 37.5. The van der Waals surface area contributed by atoms with Crippen LogP contribution in [0.15, 0.2) is 114 Å². The summed E-state index contributed by atoms with van der Waals surface area (Å²) < 4.78 is 6.70. The third-order valence-electron chi connectivity index (χ3n) is 6.62. The molecule has 6 heteroatoms. The number of benzene rings is 5. The summed E-state index contributed by atoms with van der Waals surface area (Å²) in [5.41, 5.74) is 4.78. The Morgan fingerprint density at radius 3 is 2.19 bits per heavy atom. The Hall–Kier alpha value is -4.42. The molecule has 1 N–H and O–H groups in total. The van der Waals surface area contributed by atoms with Crippen LogP contribution in [0.25, 0.3) is 32.8 Å². The number of rotatable bonds is 4. The van der Waals surface area contributed by atoms with Gasteiger partial charge >= 0.3 is 0 Å². The van der Waals surface area contributed by atoms with Crippen molar-refractivity contribution in [3.05, 3.63) is 120 Å². The van der Waals surface area contributed by atoms with E-state index in [2.05, 4.69) is 82.2 Å². The highest BCUT2D eigenvalue weighted by Gasteiger charge is 2.28. The quantitative estimate of drug-likeness (QED) is 0.199. The molecule has 2 heterocycles. The van der Waals surface area contributed by atoms with Crippen LogP contribution in [0, 0.1) is 0 Å². The Morgan fingerprint density at radius 1 is 0.730 bits per heavy atom. The van der Waals surface area contributed by atoms with Gasteiger partial charge in [0.2, 0.25) is 11.0 Å². The Morgan fingerprint density at radius 2 is 1.41 bits per heavy atom. The Kier molecular flexibility index (Phi) is 5.44. The first-order chi connectivity index (χ1) is 18.3. The first-order valence-electron chi connectivity index (χ1n) is 12.2. The van der Waals surface area contributed by atoms with E-state index in [1.165, 1.54) is 16.3 Å². The molecule has 0 unspecified atom stereocenters. The van der Waals surface area contributed by atoms with E-state index in [-0.39, 0.29) is 0 Å². The molecule has 5 aromatic carbocycles. The summed E-state index contributed by atoms with van der Waals surface area (Å²) in [5.74, 6) is 1.23. The minimum atomic E-state index is -0.470. The largest absolute Gasteiger partial charge is 0.448 e. The predicted octanol–water partition coefficient (Wildman–Crippen LogP) is 7.64. The van der Waals surface area contributed by atoms with Crippen LogP contribution >= 0.6 is 11.8 Å². The number of anilines is 1. The number of ether oxygens (including phenoxy) is 1. The van der Waals surface area contributed by atoms with Crippen LogP contribution in [0.2, 0.25) is 0 Å². The molecule has 0 saturated heterocycles. The Bertz CT molecular complexity index is 1700. The van der Waals surface area contributed by atoms with Gasteiger partial charge in [0.1, 0.15) is 0 Å². The van der Waals surface area contributed by atoms with Crippen LogP contribution in [0.5, 0.6) is 5.88 Å². The van der Waals surface area contributed by atoms with Crippen LogP contribution < -0.4 is 10.1 Å². The maximum absolute atomic E-state index is 6.70. The number of thioether (sulfide) groups is 1. The minimum Gasteiger partial charge on any atom is -0.448 e. The summed E-state index contributed by atoms with van der Waals surface area (Å²) in [7, 11) is 0. The van der Waals surface area contributed by atoms with Crippen molar-refractivity contribution in [2.75, 3.05) is 5.32 Å². The third-order valence-corrected chi connectivity index (χ3v) is 7.53. The van der Waals surface area contributed by atoms with Gasteiger partial charge in [0.25, 0.3) is 0 Å². The molecule has 0 saturated carbocycles. The van der Waals surface area contributed by atoms with Crippen molar-refractivity contribution in [3.63, 3.8) is 0 Å². The number of fused-ring (bicyclic) bond motifs is 5. The highest BCUT2D eigenvalue weighted by Crippen LogP contribution is 2.42. The second-order valence-electron chi connectivity index (χ2n) is 8.94. The van der Waals surface area contributed by atoms with Crippen molar-refractivity contribution >= 4 is 39.0 Å². The standard InChI is InChI=1S/C31H22N4OS/c1-2-10-20(11-3-1)19-37-31-33-30-28(34-35-31)25-16-8-9-17-26(25)32-29(36-30)27-23-14-6-4-12-21(23)18-22-13-5-7-15-24(22)27/h1-18,29,32H,19H2/t29-/m1/s1. The van der Waals surface area contributed by atoms with E-state index in [0.717, 1.165) is 33.3 Å². The van der Waals surface area contributed by atoms with E-state index < -0.39 is 6.23 Å². The average molecular weight is 499 g/mol. The van der Waals surface area contributed by atoms with Gasteiger partial charge in [-0.2, -0.15) is 4.98 Å². The first kappa shape index (κ1) is 21.8. The van der Waals surface area contributed by atoms with Crippen LogP contribution in [-0.4, -0.2) is 15.2 Å². The first-order valence-corrected chi connectivity index (χ1v) is 13.2. The van der Waals surface area contributed by atoms with Crippen molar-refractivity contribution in [1.29, 1.82) is 0 Å². The fourth-order valence-corrected chi connectivity index (χ4v) is 5.63. The van der Waals surface area contributed by atoms with E-state index in [4.69, 9.17) is 9.72 Å². The number of nitrogens with one attached hydrogen (secondary N) is 1. The number of hydrogen-bond donors (Lipinski definition) is 1. The van der Waals surface area contributed by atoms with Gasteiger partial charge in [-0.15, -0.1) is 10.2 Å². The van der Waals surface area contributed by atoms with Gasteiger partial charge in [0.15, 0.2) is 11.9 Å². The maximum Gasteiger partial charge on any atom is 0.247 e. The van der Waals surface area contributed by atoms with Gasteiger partial charge in [-0.05, 0) is 39.2 Å². The third kappa shape index (κ3) is 4.05. The SMILES string of the molecule is c1ccc(CSc2nnc3c(n2)O[C@H](c2c4ccccc4cc4ccccc24)Nc2ccccc2-3)cc1. The van der Waals surface area contributed by atoms with Gasteiger partial charge in [-0.3, -0.25) is 0 Å². The Labute approximate surface area is 218 Å². The monoisotopic (exact) mass is 498 g/mol. The summed E-state index contributed by atoms with van der Waals surface area (Å²) in [6.45, 7) is 0. The predicted molar refractivity (Wildman–Crippen MR) is 150 cm³/mol. The normalized spacial score (nSPS) is 14.3. The second kappa shape index (κ2) is 9.22. The molecular weight excluding hydrogens is 476 g/mol. The highest BCUT2D eigenvalue weighted by atomic mass is 32.2. The van der Waals surface area contributed by atoms with Crippen LogP contribution in [0.1, 0.15) is 17.4 Å². The minimum absolute atomic E-state index is 0.470. The molecular formula is C31H22N4OS. The van der Waals surface area contributed by atoms with E-state index in [9.17, 15) is 0 Å². The summed E-state index contributed by atoms with van der Waals surface area (Å²) >= 11 is 1.55. The molecule has 7 rings (SSSR count). The van der Waals surface area contributed by atoms with E-state index >= 15 is 0 Å². The van der Waals surface area contributed by atoms with Crippen LogP contribution in [0.3, 0.4) is 0 Å². The zero-order valence-electron chi connectivity index (χ0n) is 19.8. The molecule has 0 amide bonds. The van der Waals surface area contributed by atoms with Crippen molar-refractivity contribution in [3.8, 4) is 17.1 Å². The molecule has 0 spiro atoms. The number of para-hydroxylation sites is 1. The molecule has 178 valence electrons. The lowest BCUT2D eigenvalue weighted by atomic mass is 9.95. The lowest BCUT2D eigenvalue weighted by Crippen LogP contribution is -2.18. The van der Waals surface area contributed by atoms with Crippen molar-refractivity contribution in [1.82, 2.24) is 15.2 Å². The number of nitrogens with zero attached hydrogens (tertiary/aromatic N) is 3. The van der Waals surface area contributed by atoms with Crippen molar-refractivity contribution in [2.24, 2.45) is 0 Å². The van der Waals surface area contributed by atoms with Crippen molar-refractivity contribution in [2.45, 2.75) is 17.1 Å². The zero-order valence-corrected chi connectivity index (χ0v) is 20.7. The van der Waals surface area contributed by atoms with Gasteiger partial charge in [-0.1, -0.05) is 109 Å². The molecule has 0 fully saturated rings. The second-order valence-corrected chi connectivity index (χ2v) is 9.89. The Balaban J connectivity index is 1.37. The lowest BCUT2D eigenvalue weighted by Gasteiger charge is -2.23. The zero-order chi connectivity index (χ0) is 24.6. The summed E-state index contributed by atoms with van der Waals surface area (Å²) in [5, 5.41) is 17.9. The van der Waals surface area contributed by atoms with Gasteiger partial charge in [0, 0.05) is 22.6 Å². The van der Waals surface area contributed by atoms with E-state index in [1.54, 1.807) is 11.8 Å². The number of hydrogen-bond acceptors (Lipinski definition) is 6. The fourth-order valence-electron chi connectivity index (χ4n) is 4.89. The van der Waals surface area contributed by atoms with E-state index in [1.807, 2.05) is 42.5 Å². The molecule has 1 atom stereocenters. The maximum atomic E-state index is 6.70. The van der Waals surface area contributed by atoms with Crippen LogP contribution in [-0.2, 0) is 5.75 Å². The van der Waals surface area contributed by atoms with Gasteiger partial charge in [-0.25, -0.2) is 0 Å². The fraction of sp³-hybridized carbons (Fsp3) is 0.0645. The molecule has 1 aliphatic rings. The van der Waals surface area contributed by atoms with E-state index in [0.29, 0.717) is 16.7 Å². The molecule has 1 aromatic heterocycles. The van der Waals surface area contributed by atoms with Gasteiger partial charge in [0.05, 0.1) is 0 Å². The summed E-state index contributed by atoms with van der Waals surface area (Å²) in [6.07, 6.45) is -0.470. The molecule has 6 aromatic rings. The molecule has 5 nitrogen and oxygen atoms in total. The molecule has 0 radical (unpaired) electrons.